The van der Waals surface area contributed by atoms with Crippen LogP contribution in [0.25, 0.3) is 0 Å². The maximum absolute atomic E-state index is 11.4. The summed E-state index contributed by atoms with van der Waals surface area (Å²) in [6.07, 6.45) is 1.81. The van der Waals surface area contributed by atoms with Gasteiger partial charge in [0.2, 0.25) is 0 Å². The molecule has 1 aromatic carbocycles. The highest BCUT2D eigenvalue weighted by Crippen LogP contribution is 2.08. The van der Waals surface area contributed by atoms with Crippen LogP contribution in [0.15, 0.2) is 29.2 Å². The van der Waals surface area contributed by atoms with Gasteiger partial charge in [-0.1, -0.05) is 13.3 Å². The van der Waals surface area contributed by atoms with Gasteiger partial charge in [0.15, 0.2) is 11.1 Å². The fourth-order valence-electron chi connectivity index (χ4n) is 1.10. The molecule has 1 aromatic rings. The molecule has 1 N–H and O–H groups in total. The van der Waals surface area contributed by atoms with Crippen LogP contribution in [-0.4, -0.2) is 21.3 Å². The minimum absolute atomic E-state index is 0.269. The van der Waals surface area contributed by atoms with E-state index in [1.54, 1.807) is 0 Å². The van der Waals surface area contributed by atoms with E-state index >= 15 is 0 Å². The van der Waals surface area contributed by atoms with Gasteiger partial charge < -0.3 is 9.29 Å². The fraction of sp³-hybridized carbons (Fsp3) is 0.364. The molecule has 0 aliphatic rings. The van der Waals surface area contributed by atoms with Crippen molar-refractivity contribution in [1.29, 1.82) is 0 Å². The summed E-state index contributed by atoms with van der Waals surface area (Å²) in [5.74, 6) is -0.399. The molecule has 0 bridgehead atoms. The third kappa shape index (κ3) is 3.75. The third-order valence-electron chi connectivity index (χ3n) is 2.02. The van der Waals surface area contributed by atoms with Crippen LogP contribution < -0.4 is 0 Å². The topological polar surface area (TPSA) is 63.6 Å². The lowest BCUT2D eigenvalue weighted by atomic mass is 10.2. The van der Waals surface area contributed by atoms with Crippen LogP contribution >= 0.6 is 0 Å². The second kappa shape index (κ2) is 6.40. The molecule has 0 radical (unpaired) electrons. The first-order valence-corrected chi connectivity index (χ1v) is 6.14. The van der Waals surface area contributed by atoms with E-state index in [-0.39, 0.29) is 4.90 Å². The number of esters is 1. The number of unbranched alkanes of at least 4 members (excludes halogenated alkanes) is 1. The first kappa shape index (κ1) is 12.9. The average molecular weight is 242 g/mol. The summed E-state index contributed by atoms with van der Waals surface area (Å²) in [7, 11) is 0. The molecule has 0 saturated heterocycles. The maximum Gasteiger partial charge on any atom is 0.338 e. The van der Waals surface area contributed by atoms with Crippen molar-refractivity contribution in [2.75, 3.05) is 6.61 Å². The molecule has 0 aliphatic carbocycles. The number of carbonyl (C=O) groups excluding carboxylic acids is 1. The molecule has 0 aromatic heterocycles. The normalized spacial score (nSPS) is 12.1. The first-order chi connectivity index (χ1) is 7.65. The molecular weight excluding hydrogens is 228 g/mol. The first-order valence-electron chi connectivity index (χ1n) is 5.03. The zero-order valence-corrected chi connectivity index (χ0v) is 9.83. The predicted octanol–water partition coefficient (Wildman–Crippen LogP) is 2.22. The van der Waals surface area contributed by atoms with Gasteiger partial charge in [0.05, 0.1) is 17.1 Å². The molecule has 1 atom stereocenters. The molecule has 1 rings (SSSR count). The molecule has 0 spiro atoms. The van der Waals surface area contributed by atoms with Crippen molar-refractivity contribution in [3.63, 3.8) is 0 Å². The van der Waals surface area contributed by atoms with Gasteiger partial charge in [-0.15, -0.1) is 0 Å². The molecule has 5 heteroatoms. The van der Waals surface area contributed by atoms with Crippen LogP contribution in [-0.2, 0) is 15.8 Å². The van der Waals surface area contributed by atoms with Gasteiger partial charge in [-0.3, -0.25) is 0 Å². The SMILES string of the molecule is CCCCOC(=O)c1ccc(S(=O)O)cc1. The van der Waals surface area contributed by atoms with E-state index in [1.165, 1.54) is 24.3 Å². The summed E-state index contributed by atoms with van der Waals surface area (Å²) in [5, 5.41) is 0. The van der Waals surface area contributed by atoms with Crippen molar-refractivity contribution in [2.45, 2.75) is 24.7 Å². The van der Waals surface area contributed by atoms with E-state index in [2.05, 4.69) is 0 Å². The third-order valence-corrected chi connectivity index (χ3v) is 2.70. The van der Waals surface area contributed by atoms with Gasteiger partial charge in [0, 0.05) is 0 Å². The van der Waals surface area contributed by atoms with Crippen LogP contribution in [0.4, 0.5) is 0 Å². The lowest BCUT2D eigenvalue weighted by molar-refractivity contribution is 0.0499. The van der Waals surface area contributed by atoms with Gasteiger partial charge >= 0.3 is 5.97 Å². The summed E-state index contributed by atoms with van der Waals surface area (Å²) >= 11 is -2.01. The van der Waals surface area contributed by atoms with Gasteiger partial charge in [-0.05, 0) is 30.7 Å². The molecule has 16 heavy (non-hydrogen) atoms. The molecule has 0 fully saturated rings. The predicted molar refractivity (Wildman–Crippen MR) is 60.7 cm³/mol. The lowest BCUT2D eigenvalue weighted by Crippen LogP contribution is -2.06. The average Bonchev–Trinajstić information content (AvgIpc) is 2.29. The molecule has 1 unspecified atom stereocenters. The summed E-state index contributed by atoms with van der Waals surface area (Å²) in [4.78, 5) is 11.7. The van der Waals surface area contributed by atoms with E-state index in [4.69, 9.17) is 9.29 Å². The lowest BCUT2D eigenvalue weighted by Gasteiger charge is -2.03. The van der Waals surface area contributed by atoms with Crippen molar-refractivity contribution in [3.05, 3.63) is 29.8 Å². The van der Waals surface area contributed by atoms with Crippen molar-refractivity contribution < 1.29 is 18.3 Å². The number of rotatable bonds is 5. The Morgan fingerprint density at radius 1 is 1.38 bits per heavy atom. The molecular formula is C11H14O4S. The van der Waals surface area contributed by atoms with Crippen molar-refractivity contribution in [2.24, 2.45) is 0 Å². The molecule has 0 amide bonds. The zero-order chi connectivity index (χ0) is 12.0. The Kier molecular flexibility index (Phi) is 5.14. The molecule has 0 saturated carbocycles. The fourth-order valence-corrected chi connectivity index (χ4v) is 1.47. The Morgan fingerprint density at radius 2 is 2.00 bits per heavy atom. The Balaban J connectivity index is 2.59. The summed E-state index contributed by atoms with van der Waals surface area (Å²) in [6.45, 7) is 2.42. The summed E-state index contributed by atoms with van der Waals surface area (Å²) in [5.41, 5.74) is 0.394. The Morgan fingerprint density at radius 3 is 2.50 bits per heavy atom. The number of hydrogen-bond donors (Lipinski definition) is 1. The van der Waals surface area contributed by atoms with Crippen LogP contribution in [0.2, 0.25) is 0 Å². The van der Waals surface area contributed by atoms with Crippen LogP contribution in [0, 0.1) is 0 Å². The number of carbonyl (C=O) groups is 1. The van der Waals surface area contributed by atoms with Gasteiger partial charge in [-0.25, -0.2) is 9.00 Å². The van der Waals surface area contributed by atoms with Crippen molar-refractivity contribution >= 4 is 17.0 Å². The highest BCUT2D eigenvalue weighted by Gasteiger charge is 2.07. The van der Waals surface area contributed by atoms with Gasteiger partial charge in [0.25, 0.3) is 0 Å². The monoisotopic (exact) mass is 242 g/mol. The molecule has 4 nitrogen and oxygen atoms in total. The Labute approximate surface area is 96.9 Å². The molecule has 0 heterocycles. The van der Waals surface area contributed by atoms with E-state index in [0.29, 0.717) is 12.2 Å². The Hall–Kier alpha value is -1.20. The minimum atomic E-state index is -2.01. The highest BCUT2D eigenvalue weighted by molar-refractivity contribution is 7.79. The number of ether oxygens (including phenoxy) is 1. The van der Waals surface area contributed by atoms with E-state index in [0.717, 1.165) is 12.8 Å². The second-order valence-electron chi connectivity index (χ2n) is 3.26. The smallest absolute Gasteiger partial charge is 0.338 e. The van der Waals surface area contributed by atoms with E-state index in [9.17, 15) is 9.00 Å². The number of benzene rings is 1. The zero-order valence-electron chi connectivity index (χ0n) is 9.01. The van der Waals surface area contributed by atoms with Crippen LogP contribution in [0.5, 0.6) is 0 Å². The standard InChI is InChI=1S/C11H14O4S/c1-2-3-8-15-11(12)9-4-6-10(7-5-9)16(13)14/h4-7H,2-3,8H2,1H3,(H,13,14). The largest absolute Gasteiger partial charge is 0.462 e. The van der Waals surface area contributed by atoms with Gasteiger partial charge in [0.1, 0.15) is 0 Å². The van der Waals surface area contributed by atoms with Crippen molar-refractivity contribution in [1.82, 2.24) is 0 Å². The van der Waals surface area contributed by atoms with Crippen LogP contribution in [0.1, 0.15) is 30.1 Å². The molecule has 0 aliphatic heterocycles. The molecule has 88 valence electrons. The van der Waals surface area contributed by atoms with E-state index in [1.807, 2.05) is 6.92 Å². The quantitative estimate of drug-likeness (QED) is 0.488. The second-order valence-corrected chi connectivity index (χ2v) is 4.23. The summed E-state index contributed by atoms with van der Waals surface area (Å²) in [6, 6.07) is 5.84. The van der Waals surface area contributed by atoms with E-state index < -0.39 is 17.0 Å². The Bertz CT molecular complexity index is 372. The van der Waals surface area contributed by atoms with Crippen molar-refractivity contribution in [3.8, 4) is 0 Å². The maximum atomic E-state index is 11.4. The van der Waals surface area contributed by atoms with Crippen LogP contribution in [0.3, 0.4) is 0 Å². The van der Waals surface area contributed by atoms with Gasteiger partial charge in [-0.2, -0.15) is 0 Å². The summed E-state index contributed by atoms with van der Waals surface area (Å²) < 4.78 is 24.5. The highest BCUT2D eigenvalue weighted by atomic mass is 32.2. The number of hydrogen-bond acceptors (Lipinski definition) is 3. The minimum Gasteiger partial charge on any atom is -0.462 e.